The SMILES string of the molecule is CN=S(=O)(c1cc(F)ccc1-n1cc(CC2CCN(CC3CCOCC3)C2)c2c(C)cncc21)C(C)C. The van der Waals surface area contributed by atoms with Crippen molar-refractivity contribution in [2.45, 2.75) is 56.6 Å². The first-order valence-electron chi connectivity index (χ1n) is 13.5. The lowest BCUT2D eigenvalue weighted by Gasteiger charge is -2.27. The first-order valence-corrected chi connectivity index (χ1v) is 15.1. The minimum absolute atomic E-state index is 0.251. The summed E-state index contributed by atoms with van der Waals surface area (Å²) in [5.74, 6) is 0.932. The van der Waals surface area contributed by atoms with E-state index in [2.05, 4.69) is 31.9 Å². The number of hydrogen-bond acceptors (Lipinski definition) is 5. The minimum Gasteiger partial charge on any atom is -0.381 e. The number of nitrogens with zero attached hydrogens (tertiary/aromatic N) is 4. The van der Waals surface area contributed by atoms with E-state index in [1.54, 1.807) is 13.1 Å². The molecule has 0 saturated carbocycles. The number of fused-ring (bicyclic) bond motifs is 1. The second-order valence-electron chi connectivity index (χ2n) is 11.0. The molecular formula is C29H39FN4O2S. The number of aryl methyl sites for hydroxylation is 1. The molecule has 200 valence electrons. The molecule has 0 spiro atoms. The predicted molar refractivity (Wildman–Crippen MR) is 147 cm³/mol. The van der Waals surface area contributed by atoms with E-state index < -0.39 is 15.5 Å². The Hall–Kier alpha value is -2.29. The summed E-state index contributed by atoms with van der Waals surface area (Å²) in [5, 5.41) is 0.942. The van der Waals surface area contributed by atoms with Gasteiger partial charge in [-0.25, -0.2) is 13.0 Å². The van der Waals surface area contributed by atoms with Crippen LogP contribution in [0.5, 0.6) is 0 Å². The molecule has 1 aromatic carbocycles. The number of rotatable bonds is 7. The molecule has 3 aromatic rings. The van der Waals surface area contributed by atoms with Crippen molar-refractivity contribution < 1.29 is 13.3 Å². The molecule has 2 atom stereocenters. The third kappa shape index (κ3) is 5.20. The van der Waals surface area contributed by atoms with Gasteiger partial charge >= 0.3 is 0 Å². The van der Waals surface area contributed by atoms with E-state index in [9.17, 15) is 8.60 Å². The Bertz CT molecular complexity index is 1390. The van der Waals surface area contributed by atoms with Crippen LogP contribution in [0, 0.1) is 24.6 Å². The Balaban J connectivity index is 1.49. The molecule has 5 rings (SSSR count). The Morgan fingerprint density at radius 2 is 1.97 bits per heavy atom. The van der Waals surface area contributed by atoms with Crippen LogP contribution in [0.3, 0.4) is 0 Å². The molecule has 2 fully saturated rings. The molecule has 0 bridgehead atoms. The van der Waals surface area contributed by atoms with Gasteiger partial charge in [0.2, 0.25) is 0 Å². The van der Waals surface area contributed by atoms with E-state index in [1.165, 1.54) is 48.9 Å². The van der Waals surface area contributed by atoms with Crippen LogP contribution < -0.4 is 0 Å². The lowest BCUT2D eigenvalue weighted by molar-refractivity contribution is 0.0551. The van der Waals surface area contributed by atoms with Gasteiger partial charge < -0.3 is 14.2 Å². The summed E-state index contributed by atoms with van der Waals surface area (Å²) in [6, 6.07) is 4.56. The zero-order valence-electron chi connectivity index (χ0n) is 22.5. The summed E-state index contributed by atoms with van der Waals surface area (Å²) in [6.07, 6.45) is 10.4. The average Bonchev–Trinajstić information content (AvgIpc) is 3.49. The van der Waals surface area contributed by atoms with Gasteiger partial charge in [-0.05, 0) is 94.2 Å². The molecule has 2 aromatic heterocycles. The van der Waals surface area contributed by atoms with Gasteiger partial charge in [0, 0.05) is 56.4 Å². The Morgan fingerprint density at radius 3 is 2.70 bits per heavy atom. The van der Waals surface area contributed by atoms with Gasteiger partial charge in [0.25, 0.3) is 0 Å². The van der Waals surface area contributed by atoms with Crippen molar-refractivity contribution in [1.82, 2.24) is 14.5 Å². The maximum Gasteiger partial charge on any atom is 0.124 e. The summed E-state index contributed by atoms with van der Waals surface area (Å²) < 4.78 is 40.2. The average molecular weight is 527 g/mol. The second-order valence-corrected chi connectivity index (χ2v) is 13.8. The van der Waals surface area contributed by atoms with Crippen molar-refractivity contribution in [3.63, 3.8) is 0 Å². The van der Waals surface area contributed by atoms with Crippen LogP contribution >= 0.6 is 0 Å². The quantitative estimate of drug-likeness (QED) is 0.400. The maximum absolute atomic E-state index is 14.5. The van der Waals surface area contributed by atoms with Crippen molar-refractivity contribution in [3.8, 4) is 5.69 Å². The van der Waals surface area contributed by atoms with Crippen LogP contribution in [-0.2, 0) is 20.9 Å². The molecule has 0 amide bonds. The van der Waals surface area contributed by atoms with Gasteiger partial charge in [0.15, 0.2) is 0 Å². The van der Waals surface area contributed by atoms with E-state index >= 15 is 0 Å². The summed E-state index contributed by atoms with van der Waals surface area (Å²) in [6.45, 7) is 11.1. The Labute approximate surface area is 220 Å². The van der Waals surface area contributed by atoms with E-state index in [0.29, 0.717) is 16.5 Å². The normalized spacial score (nSPS) is 21.1. The molecule has 0 aliphatic carbocycles. The van der Waals surface area contributed by atoms with Crippen LogP contribution in [0.25, 0.3) is 16.6 Å². The highest BCUT2D eigenvalue weighted by Gasteiger charge is 2.28. The number of ether oxygens (including phenoxy) is 1. The second kappa shape index (κ2) is 10.8. The minimum atomic E-state index is -2.81. The van der Waals surface area contributed by atoms with Gasteiger partial charge in [-0.15, -0.1) is 0 Å². The van der Waals surface area contributed by atoms with Gasteiger partial charge in [-0.2, -0.15) is 0 Å². The first kappa shape index (κ1) is 26.3. The molecule has 2 saturated heterocycles. The fraction of sp³-hybridized carbons (Fsp3) is 0.552. The van der Waals surface area contributed by atoms with Crippen molar-refractivity contribution in [1.29, 1.82) is 0 Å². The van der Waals surface area contributed by atoms with Crippen molar-refractivity contribution in [2.75, 3.05) is 39.9 Å². The number of hydrogen-bond donors (Lipinski definition) is 0. The standard InChI is InChI=1S/C29H39FN4O2S/c1-20(2)37(35,31-4)28-14-25(30)5-6-26(28)34-19-24(29-21(3)15-32-16-27(29)34)13-23-7-10-33(18-23)17-22-8-11-36-12-9-22/h5-6,14-16,19-20,22-23H,7-13,17-18H2,1-4H3. The molecule has 6 nitrogen and oxygen atoms in total. The van der Waals surface area contributed by atoms with E-state index in [0.717, 1.165) is 49.7 Å². The lowest BCUT2D eigenvalue weighted by atomic mass is 9.97. The van der Waals surface area contributed by atoms with Crippen LogP contribution in [0.15, 0.2) is 46.0 Å². The Morgan fingerprint density at radius 1 is 1.19 bits per heavy atom. The highest BCUT2D eigenvalue weighted by Crippen LogP contribution is 2.34. The lowest BCUT2D eigenvalue weighted by Crippen LogP contribution is -2.31. The highest BCUT2D eigenvalue weighted by molar-refractivity contribution is 7.94. The smallest absolute Gasteiger partial charge is 0.124 e. The van der Waals surface area contributed by atoms with E-state index in [-0.39, 0.29) is 5.25 Å². The fourth-order valence-electron chi connectivity index (χ4n) is 6.13. The maximum atomic E-state index is 14.5. The highest BCUT2D eigenvalue weighted by atomic mass is 32.2. The summed E-state index contributed by atoms with van der Waals surface area (Å²) >= 11 is 0. The number of benzene rings is 1. The fourth-order valence-corrected chi connectivity index (χ4v) is 8.00. The molecular weight excluding hydrogens is 487 g/mol. The zero-order valence-corrected chi connectivity index (χ0v) is 23.3. The first-order chi connectivity index (χ1) is 17.8. The van der Waals surface area contributed by atoms with Crippen LogP contribution in [-0.4, -0.2) is 63.8 Å². The van der Waals surface area contributed by atoms with Gasteiger partial charge in [-0.1, -0.05) is 0 Å². The summed E-state index contributed by atoms with van der Waals surface area (Å²) in [7, 11) is -1.25. The largest absolute Gasteiger partial charge is 0.381 e. The van der Waals surface area contributed by atoms with Crippen molar-refractivity contribution in [3.05, 3.63) is 53.7 Å². The summed E-state index contributed by atoms with van der Waals surface area (Å²) in [4.78, 5) is 7.55. The van der Waals surface area contributed by atoms with E-state index in [4.69, 9.17) is 4.74 Å². The molecule has 0 radical (unpaired) electrons. The molecule has 37 heavy (non-hydrogen) atoms. The topological polar surface area (TPSA) is 59.7 Å². The summed E-state index contributed by atoms with van der Waals surface area (Å²) in [5.41, 5.74) is 4.06. The van der Waals surface area contributed by atoms with Crippen LogP contribution in [0.4, 0.5) is 4.39 Å². The zero-order chi connectivity index (χ0) is 26.2. The van der Waals surface area contributed by atoms with Gasteiger partial charge in [-0.3, -0.25) is 4.98 Å². The molecule has 2 aliphatic rings. The third-order valence-electron chi connectivity index (χ3n) is 8.12. The number of aromatic nitrogens is 2. The number of halogens is 1. The Kier molecular flexibility index (Phi) is 7.70. The number of likely N-dealkylation sites (tertiary alicyclic amines) is 1. The molecule has 2 unspecified atom stereocenters. The molecule has 0 N–H and O–H groups in total. The van der Waals surface area contributed by atoms with Crippen LogP contribution in [0.1, 0.15) is 44.2 Å². The van der Waals surface area contributed by atoms with E-state index in [1.807, 2.05) is 26.2 Å². The molecule has 2 aliphatic heterocycles. The third-order valence-corrected chi connectivity index (χ3v) is 10.9. The van der Waals surface area contributed by atoms with Gasteiger partial charge in [0.05, 0.1) is 32.0 Å². The predicted octanol–water partition coefficient (Wildman–Crippen LogP) is 5.63. The molecule has 4 heterocycles. The number of pyridine rings is 1. The van der Waals surface area contributed by atoms with Crippen molar-refractivity contribution in [2.24, 2.45) is 16.2 Å². The monoisotopic (exact) mass is 526 g/mol. The van der Waals surface area contributed by atoms with Crippen LogP contribution in [0.2, 0.25) is 0 Å². The molecule has 8 heteroatoms. The van der Waals surface area contributed by atoms with Gasteiger partial charge in [0.1, 0.15) is 5.82 Å². The van der Waals surface area contributed by atoms with Crippen molar-refractivity contribution >= 4 is 20.6 Å².